The molecule has 0 N–H and O–H groups in total. The van der Waals surface area contributed by atoms with Crippen LogP contribution in [0, 0.1) is 0 Å². The molecule has 6 nitrogen and oxygen atoms in total. The highest BCUT2D eigenvalue weighted by molar-refractivity contribution is 5.92. The summed E-state index contributed by atoms with van der Waals surface area (Å²) >= 11 is 0. The van der Waals surface area contributed by atoms with Crippen molar-refractivity contribution < 1.29 is 23.7 Å². The molecule has 146 valence electrons. The minimum absolute atomic E-state index is 0.00571. The van der Waals surface area contributed by atoms with Gasteiger partial charge in [0.1, 0.15) is 23.3 Å². The Hall–Kier alpha value is -1.79. The van der Waals surface area contributed by atoms with Crippen molar-refractivity contribution in [3.8, 4) is 11.5 Å². The van der Waals surface area contributed by atoms with Crippen molar-refractivity contribution in [1.82, 2.24) is 4.90 Å². The smallest absolute Gasteiger partial charge is 0.341 e. The number of likely N-dealkylation sites (tertiary alicyclic amines) is 1. The van der Waals surface area contributed by atoms with E-state index in [1.165, 1.54) is 26.4 Å². The van der Waals surface area contributed by atoms with Crippen molar-refractivity contribution in [1.29, 1.82) is 0 Å². The van der Waals surface area contributed by atoms with Crippen LogP contribution in [-0.4, -0.2) is 57.6 Å². The molecule has 1 aromatic rings. The van der Waals surface area contributed by atoms with Crippen molar-refractivity contribution >= 4 is 5.97 Å². The Balaban J connectivity index is 2.02. The predicted molar refractivity (Wildman–Crippen MR) is 99.9 cm³/mol. The maximum Gasteiger partial charge on any atom is 0.341 e. The van der Waals surface area contributed by atoms with Gasteiger partial charge < -0.3 is 18.9 Å². The Morgan fingerprint density at radius 2 is 1.85 bits per heavy atom. The van der Waals surface area contributed by atoms with Gasteiger partial charge in [-0.3, -0.25) is 4.90 Å². The van der Waals surface area contributed by atoms with Gasteiger partial charge in [0.15, 0.2) is 0 Å². The molecule has 0 aromatic heterocycles. The maximum absolute atomic E-state index is 12.0. The Bertz CT molecular complexity index is 557. The standard InChI is InChI=1S/C20H31NO5/c1-16(21-11-5-4-6-12-21)26-17-9-10-18(20(22)24-3)19(15-17)25-14-8-7-13-23-2/h9-10,15-16H,4-8,11-14H2,1-3H3. The molecule has 6 heteroatoms. The van der Waals surface area contributed by atoms with E-state index >= 15 is 0 Å². The first-order valence-corrected chi connectivity index (χ1v) is 9.40. The molecule has 1 fully saturated rings. The second kappa shape index (κ2) is 11.0. The van der Waals surface area contributed by atoms with Crippen LogP contribution in [0.25, 0.3) is 0 Å². The molecule has 1 aromatic carbocycles. The molecule has 0 aliphatic carbocycles. The third-order valence-corrected chi connectivity index (χ3v) is 4.57. The first-order valence-electron chi connectivity index (χ1n) is 9.40. The summed E-state index contributed by atoms with van der Waals surface area (Å²) in [4.78, 5) is 14.3. The number of nitrogens with zero attached hydrogens (tertiary/aromatic N) is 1. The zero-order valence-electron chi connectivity index (χ0n) is 16.2. The topological polar surface area (TPSA) is 57.2 Å². The molecular formula is C20H31NO5. The van der Waals surface area contributed by atoms with E-state index in [9.17, 15) is 4.79 Å². The van der Waals surface area contributed by atoms with Gasteiger partial charge in [-0.15, -0.1) is 0 Å². The van der Waals surface area contributed by atoms with Crippen LogP contribution in [0.2, 0.25) is 0 Å². The van der Waals surface area contributed by atoms with E-state index in [1.54, 1.807) is 25.3 Å². The third-order valence-electron chi connectivity index (χ3n) is 4.57. The molecule has 0 radical (unpaired) electrons. The van der Waals surface area contributed by atoms with Crippen molar-refractivity contribution in [3.63, 3.8) is 0 Å². The van der Waals surface area contributed by atoms with Crippen LogP contribution in [-0.2, 0) is 9.47 Å². The second-order valence-corrected chi connectivity index (χ2v) is 6.51. The minimum atomic E-state index is -0.410. The molecule has 2 rings (SSSR count). The number of ether oxygens (including phenoxy) is 4. The number of benzene rings is 1. The monoisotopic (exact) mass is 365 g/mol. The number of unbranched alkanes of at least 4 members (excludes halogenated alkanes) is 1. The van der Waals surface area contributed by atoms with Crippen LogP contribution < -0.4 is 9.47 Å². The van der Waals surface area contributed by atoms with Crippen LogP contribution in [0.1, 0.15) is 49.4 Å². The van der Waals surface area contributed by atoms with E-state index in [1.807, 2.05) is 0 Å². The summed E-state index contributed by atoms with van der Waals surface area (Å²) in [7, 11) is 3.05. The second-order valence-electron chi connectivity index (χ2n) is 6.51. The first-order chi connectivity index (χ1) is 12.7. The summed E-state index contributed by atoms with van der Waals surface area (Å²) in [6, 6.07) is 5.28. The lowest BCUT2D eigenvalue weighted by molar-refractivity contribution is 0.0260. The highest BCUT2D eigenvalue weighted by atomic mass is 16.5. The highest BCUT2D eigenvalue weighted by Crippen LogP contribution is 2.27. The summed E-state index contributed by atoms with van der Waals surface area (Å²) in [6.07, 6.45) is 5.47. The quantitative estimate of drug-likeness (QED) is 0.467. The van der Waals surface area contributed by atoms with Gasteiger partial charge in [-0.25, -0.2) is 4.79 Å². The Labute approximate surface area is 156 Å². The minimum Gasteiger partial charge on any atom is -0.493 e. The molecule has 0 amide bonds. The van der Waals surface area contributed by atoms with Crippen molar-refractivity contribution in [3.05, 3.63) is 23.8 Å². The molecule has 0 bridgehead atoms. The average molecular weight is 365 g/mol. The molecule has 1 heterocycles. The Morgan fingerprint density at radius 3 is 2.54 bits per heavy atom. The largest absolute Gasteiger partial charge is 0.493 e. The summed E-state index contributed by atoms with van der Waals surface area (Å²) in [5, 5.41) is 0. The normalized spacial score (nSPS) is 16.1. The van der Waals surface area contributed by atoms with Gasteiger partial charge in [0.25, 0.3) is 0 Å². The summed E-state index contributed by atoms with van der Waals surface area (Å²) in [5.74, 6) is 0.785. The summed E-state index contributed by atoms with van der Waals surface area (Å²) in [5.41, 5.74) is 0.414. The molecule has 0 spiro atoms. The van der Waals surface area contributed by atoms with E-state index in [0.717, 1.165) is 25.9 Å². The predicted octanol–water partition coefficient (Wildman–Crippen LogP) is 3.49. The SMILES string of the molecule is COCCCCOc1cc(OC(C)N2CCCCC2)ccc1C(=O)OC. The maximum atomic E-state index is 12.0. The molecule has 1 atom stereocenters. The van der Waals surface area contributed by atoms with Gasteiger partial charge in [0.05, 0.1) is 13.7 Å². The van der Waals surface area contributed by atoms with E-state index in [4.69, 9.17) is 18.9 Å². The van der Waals surface area contributed by atoms with Gasteiger partial charge >= 0.3 is 5.97 Å². The fourth-order valence-electron chi connectivity index (χ4n) is 3.06. The van der Waals surface area contributed by atoms with Crippen LogP contribution in [0.3, 0.4) is 0 Å². The molecule has 26 heavy (non-hydrogen) atoms. The number of carbonyl (C=O) groups is 1. The number of hydrogen-bond donors (Lipinski definition) is 0. The molecule has 1 unspecified atom stereocenters. The fraction of sp³-hybridized carbons (Fsp3) is 0.650. The van der Waals surface area contributed by atoms with E-state index in [0.29, 0.717) is 30.3 Å². The van der Waals surface area contributed by atoms with Crippen molar-refractivity contribution in [2.24, 2.45) is 0 Å². The van der Waals surface area contributed by atoms with Gasteiger partial charge in [-0.05, 0) is 44.7 Å². The lowest BCUT2D eigenvalue weighted by Crippen LogP contribution is -2.40. The third kappa shape index (κ3) is 6.18. The van der Waals surface area contributed by atoms with E-state index < -0.39 is 5.97 Å². The number of carbonyl (C=O) groups excluding carboxylic acids is 1. The number of esters is 1. The van der Waals surface area contributed by atoms with E-state index in [-0.39, 0.29) is 6.23 Å². The van der Waals surface area contributed by atoms with Gasteiger partial charge in [0.2, 0.25) is 0 Å². The molecule has 1 aliphatic heterocycles. The summed E-state index contributed by atoms with van der Waals surface area (Å²) in [6.45, 7) is 5.39. The Morgan fingerprint density at radius 1 is 1.12 bits per heavy atom. The average Bonchev–Trinajstić information content (AvgIpc) is 2.68. The van der Waals surface area contributed by atoms with Crippen molar-refractivity contribution in [2.75, 3.05) is 40.5 Å². The number of piperidine rings is 1. The number of methoxy groups -OCH3 is 2. The molecule has 1 aliphatic rings. The lowest BCUT2D eigenvalue weighted by atomic mass is 10.1. The first kappa shape index (κ1) is 20.5. The van der Waals surface area contributed by atoms with Crippen LogP contribution in [0.15, 0.2) is 18.2 Å². The number of rotatable bonds is 10. The number of hydrogen-bond acceptors (Lipinski definition) is 6. The highest BCUT2D eigenvalue weighted by Gasteiger charge is 2.19. The van der Waals surface area contributed by atoms with Crippen LogP contribution in [0.4, 0.5) is 0 Å². The molecule has 0 saturated carbocycles. The van der Waals surface area contributed by atoms with Gasteiger partial charge in [-0.2, -0.15) is 0 Å². The van der Waals surface area contributed by atoms with E-state index in [2.05, 4.69) is 11.8 Å². The lowest BCUT2D eigenvalue weighted by Gasteiger charge is -2.32. The zero-order chi connectivity index (χ0) is 18.8. The van der Waals surface area contributed by atoms with Crippen LogP contribution >= 0.6 is 0 Å². The molecular weight excluding hydrogens is 334 g/mol. The van der Waals surface area contributed by atoms with Crippen molar-refractivity contribution in [2.45, 2.75) is 45.3 Å². The van der Waals surface area contributed by atoms with Gasteiger partial charge in [-0.1, -0.05) is 6.42 Å². The Kier molecular flexibility index (Phi) is 8.71. The molecule has 1 saturated heterocycles. The van der Waals surface area contributed by atoms with Crippen LogP contribution in [0.5, 0.6) is 11.5 Å². The van der Waals surface area contributed by atoms with Gasteiger partial charge in [0, 0.05) is 32.9 Å². The fourth-order valence-corrected chi connectivity index (χ4v) is 3.06. The summed E-state index contributed by atoms with van der Waals surface area (Å²) < 4.78 is 21.8. The zero-order valence-corrected chi connectivity index (χ0v) is 16.2.